The van der Waals surface area contributed by atoms with E-state index in [2.05, 4.69) is 20.4 Å². The number of hydrogen-bond acceptors (Lipinski definition) is 6. The van der Waals surface area contributed by atoms with Gasteiger partial charge in [-0.25, -0.2) is 23.1 Å². The zero-order valence-corrected chi connectivity index (χ0v) is 15.3. The molecule has 3 aromatic rings. The fraction of sp³-hybridized carbons (Fsp3) is 0.250. The summed E-state index contributed by atoms with van der Waals surface area (Å²) in [5.41, 5.74) is 2.34. The average molecular weight is 374 g/mol. The summed E-state index contributed by atoms with van der Waals surface area (Å²) in [7, 11) is -3.75. The molecule has 1 atom stereocenters. The van der Waals surface area contributed by atoms with Crippen molar-refractivity contribution in [3.8, 4) is 0 Å². The van der Waals surface area contributed by atoms with Gasteiger partial charge >= 0.3 is 0 Å². The fourth-order valence-corrected chi connectivity index (χ4v) is 3.07. The van der Waals surface area contributed by atoms with Crippen molar-refractivity contribution < 1.29 is 13.2 Å². The van der Waals surface area contributed by atoms with Crippen molar-refractivity contribution >= 4 is 21.7 Å². The lowest BCUT2D eigenvalue weighted by Crippen LogP contribution is -2.27. The van der Waals surface area contributed by atoms with E-state index >= 15 is 0 Å². The maximum Gasteiger partial charge on any atom is 0.291 e. The predicted octanol–water partition coefficient (Wildman–Crippen LogP) is 0.880. The van der Waals surface area contributed by atoms with E-state index in [0.717, 1.165) is 17.0 Å². The van der Waals surface area contributed by atoms with Crippen LogP contribution in [-0.4, -0.2) is 33.9 Å². The number of nitrogens with two attached hydrogens (primary N) is 1. The van der Waals surface area contributed by atoms with Gasteiger partial charge in [-0.2, -0.15) is 4.98 Å². The van der Waals surface area contributed by atoms with Crippen LogP contribution >= 0.6 is 0 Å². The normalized spacial score (nSPS) is 12.9. The molecule has 0 saturated carbocycles. The van der Waals surface area contributed by atoms with E-state index in [0.29, 0.717) is 5.78 Å². The summed E-state index contributed by atoms with van der Waals surface area (Å²) < 4.78 is 24.1. The highest BCUT2D eigenvalue weighted by atomic mass is 32.2. The summed E-state index contributed by atoms with van der Waals surface area (Å²) in [5.74, 6) is -0.0763. The lowest BCUT2D eigenvalue weighted by molar-refractivity contribution is 0.0929. The van der Waals surface area contributed by atoms with Crippen LogP contribution in [0.15, 0.2) is 35.2 Å². The number of aryl methyl sites for hydroxylation is 2. The van der Waals surface area contributed by atoms with Gasteiger partial charge < -0.3 is 5.32 Å². The van der Waals surface area contributed by atoms with E-state index in [4.69, 9.17) is 5.14 Å². The summed E-state index contributed by atoms with van der Waals surface area (Å²) in [6.07, 6.45) is 0. The molecule has 3 N–H and O–H groups in total. The Morgan fingerprint density at radius 1 is 1.19 bits per heavy atom. The molecule has 0 aliphatic heterocycles. The molecule has 0 spiro atoms. The van der Waals surface area contributed by atoms with Crippen LogP contribution < -0.4 is 10.5 Å². The van der Waals surface area contributed by atoms with Gasteiger partial charge in [-0.1, -0.05) is 12.1 Å². The van der Waals surface area contributed by atoms with Crippen molar-refractivity contribution in [1.82, 2.24) is 24.9 Å². The average Bonchev–Trinajstić information content (AvgIpc) is 2.98. The van der Waals surface area contributed by atoms with Crippen molar-refractivity contribution in [2.24, 2.45) is 5.14 Å². The molecule has 0 radical (unpaired) electrons. The van der Waals surface area contributed by atoms with Crippen LogP contribution in [-0.2, 0) is 10.0 Å². The molecule has 0 aliphatic carbocycles. The number of fused-ring (bicyclic) bond motifs is 1. The molecular formula is C16H18N6O3S. The Kier molecular flexibility index (Phi) is 4.46. The molecule has 0 unspecified atom stereocenters. The zero-order valence-electron chi connectivity index (χ0n) is 14.5. The van der Waals surface area contributed by atoms with Gasteiger partial charge in [0.1, 0.15) is 0 Å². The minimum Gasteiger partial charge on any atom is -0.343 e. The van der Waals surface area contributed by atoms with E-state index in [1.54, 1.807) is 19.1 Å². The van der Waals surface area contributed by atoms with E-state index in [1.807, 2.05) is 19.9 Å². The van der Waals surface area contributed by atoms with Crippen molar-refractivity contribution in [1.29, 1.82) is 0 Å². The number of hydrogen-bond donors (Lipinski definition) is 2. The summed E-state index contributed by atoms with van der Waals surface area (Å²) in [6.45, 7) is 5.47. The molecular weight excluding hydrogens is 356 g/mol. The monoisotopic (exact) mass is 374 g/mol. The predicted molar refractivity (Wildman–Crippen MR) is 94.0 cm³/mol. The first-order chi connectivity index (χ1) is 12.1. The van der Waals surface area contributed by atoms with E-state index in [-0.39, 0.29) is 16.8 Å². The molecule has 9 nitrogen and oxygen atoms in total. The number of rotatable bonds is 4. The number of primary sulfonamides is 1. The summed E-state index contributed by atoms with van der Waals surface area (Å²) in [5, 5.41) is 12.0. The van der Waals surface area contributed by atoms with Gasteiger partial charge in [0.25, 0.3) is 11.7 Å². The number of aromatic nitrogens is 4. The molecule has 1 amide bonds. The van der Waals surface area contributed by atoms with Gasteiger partial charge in [0.15, 0.2) is 0 Å². The Labute approximate surface area is 150 Å². The van der Waals surface area contributed by atoms with Crippen molar-refractivity contribution in [2.75, 3.05) is 0 Å². The largest absolute Gasteiger partial charge is 0.343 e. The number of amides is 1. The molecule has 3 rings (SSSR count). The smallest absolute Gasteiger partial charge is 0.291 e. The molecule has 1 aromatic carbocycles. The standard InChI is InChI=1S/C16H18N6O3S/c1-9-8-10(2)22-16(18-9)20-14(21-22)15(23)19-11(3)12-4-6-13(7-5-12)26(17,24)25/h4-8,11H,1-3H3,(H,19,23)(H2,17,24,25)/t11-/m0/s1. The van der Waals surface area contributed by atoms with Gasteiger partial charge in [0, 0.05) is 11.4 Å². The lowest BCUT2D eigenvalue weighted by atomic mass is 10.1. The highest BCUT2D eigenvalue weighted by Crippen LogP contribution is 2.16. The molecule has 10 heteroatoms. The Balaban J connectivity index is 1.80. The first kappa shape index (κ1) is 18.0. The van der Waals surface area contributed by atoms with Crippen LogP contribution in [0, 0.1) is 13.8 Å². The van der Waals surface area contributed by atoms with Crippen LogP contribution in [0.2, 0.25) is 0 Å². The van der Waals surface area contributed by atoms with Crippen molar-refractivity contribution in [2.45, 2.75) is 31.7 Å². The van der Waals surface area contributed by atoms with E-state index in [1.165, 1.54) is 16.6 Å². The molecule has 2 aromatic heterocycles. The number of benzene rings is 1. The maximum atomic E-state index is 12.4. The molecule has 2 heterocycles. The lowest BCUT2D eigenvalue weighted by Gasteiger charge is -2.13. The van der Waals surface area contributed by atoms with Gasteiger partial charge in [-0.05, 0) is 44.5 Å². The van der Waals surface area contributed by atoms with Crippen LogP contribution in [0.4, 0.5) is 0 Å². The number of sulfonamides is 1. The summed E-state index contributed by atoms with van der Waals surface area (Å²) >= 11 is 0. The third-order valence-electron chi connectivity index (χ3n) is 3.88. The topological polar surface area (TPSA) is 132 Å². The van der Waals surface area contributed by atoms with Crippen molar-refractivity contribution in [3.05, 3.63) is 53.1 Å². The van der Waals surface area contributed by atoms with E-state index < -0.39 is 15.9 Å². The fourth-order valence-electron chi connectivity index (χ4n) is 2.55. The van der Waals surface area contributed by atoms with Crippen LogP contribution in [0.5, 0.6) is 0 Å². The summed E-state index contributed by atoms with van der Waals surface area (Å²) in [6, 6.07) is 7.45. The van der Waals surface area contributed by atoms with Crippen LogP contribution in [0.25, 0.3) is 5.78 Å². The number of carbonyl (C=O) groups is 1. The Hall–Kier alpha value is -2.85. The Bertz CT molecular complexity index is 1090. The highest BCUT2D eigenvalue weighted by molar-refractivity contribution is 7.89. The first-order valence-corrected chi connectivity index (χ1v) is 9.34. The molecule has 0 fully saturated rings. The Morgan fingerprint density at radius 2 is 1.85 bits per heavy atom. The van der Waals surface area contributed by atoms with E-state index in [9.17, 15) is 13.2 Å². The minimum absolute atomic E-state index is 0.0127. The molecule has 0 bridgehead atoms. The minimum atomic E-state index is -3.75. The summed E-state index contributed by atoms with van der Waals surface area (Å²) in [4.78, 5) is 20.9. The van der Waals surface area contributed by atoms with Gasteiger partial charge in [-0.15, -0.1) is 5.10 Å². The molecule has 26 heavy (non-hydrogen) atoms. The van der Waals surface area contributed by atoms with Gasteiger partial charge in [0.05, 0.1) is 10.9 Å². The molecule has 0 saturated heterocycles. The molecule has 136 valence electrons. The van der Waals surface area contributed by atoms with Gasteiger partial charge in [-0.3, -0.25) is 4.79 Å². The quantitative estimate of drug-likeness (QED) is 0.696. The number of nitrogens with zero attached hydrogens (tertiary/aromatic N) is 4. The Morgan fingerprint density at radius 3 is 2.46 bits per heavy atom. The first-order valence-electron chi connectivity index (χ1n) is 7.80. The third kappa shape index (κ3) is 3.55. The second-order valence-electron chi connectivity index (χ2n) is 6.00. The second-order valence-corrected chi connectivity index (χ2v) is 7.56. The second kappa shape index (κ2) is 6.46. The van der Waals surface area contributed by atoms with Crippen molar-refractivity contribution in [3.63, 3.8) is 0 Å². The zero-order chi connectivity index (χ0) is 19.1. The molecule has 0 aliphatic rings. The maximum absolute atomic E-state index is 12.4. The van der Waals surface area contributed by atoms with Crippen LogP contribution in [0.1, 0.15) is 40.5 Å². The number of nitrogens with one attached hydrogen (secondary N) is 1. The van der Waals surface area contributed by atoms with Crippen LogP contribution in [0.3, 0.4) is 0 Å². The SMILES string of the molecule is Cc1cc(C)n2nc(C(=O)N[C@@H](C)c3ccc(S(N)(=O)=O)cc3)nc2n1. The van der Waals surface area contributed by atoms with Gasteiger partial charge in [0.2, 0.25) is 15.8 Å². The third-order valence-corrected chi connectivity index (χ3v) is 4.81. The highest BCUT2D eigenvalue weighted by Gasteiger charge is 2.18. The number of carbonyl (C=O) groups excluding carboxylic acids is 1.